The fraction of sp³-hybridized carbons (Fsp3) is 0.417. The molecule has 0 radical (unpaired) electrons. The predicted molar refractivity (Wildman–Crippen MR) is 66.6 cm³/mol. The van der Waals surface area contributed by atoms with Crippen LogP contribution in [0, 0.1) is 0 Å². The highest BCUT2D eigenvalue weighted by atomic mass is 32.2. The van der Waals surface area contributed by atoms with E-state index < -0.39 is 5.91 Å². The zero-order valence-electron chi connectivity index (χ0n) is 9.64. The molecule has 1 atom stereocenters. The Morgan fingerprint density at radius 3 is 3.00 bits per heavy atom. The van der Waals surface area contributed by atoms with Crippen LogP contribution in [-0.2, 0) is 4.74 Å². The Kier molecular flexibility index (Phi) is 3.91. The van der Waals surface area contributed by atoms with Crippen molar-refractivity contribution in [3.8, 4) is 5.75 Å². The predicted octanol–water partition coefficient (Wildman–Crippen LogP) is 1.68. The lowest BCUT2D eigenvalue weighted by molar-refractivity contribution is 0.0999. The van der Waals surface area contributed by atoms with Gasteiger partial charge in [0.1, 0.15) is 11.9 Å². The molecular weight excluding hydrogens is 238 g/mol. The normalized spacial score (nSPS) is 19.2. The number of hydrogen-bond donors (Lipinski definition) is 1. The van der Waals surface area contributed by atoms with Gasteiger partial charge in [0, 0.05) is 16.9 Å². The molecule has 2 N–H and O–H groups in total. The van der Waals surface area contributed by atoms with Crippen molar-refractivity contribution in [2.45, 2.75) is 17.4 Å². The molecule has 0 saturated carbocycles. The molecule has 1 saturated heterocycles. The first-order valence-corrected chi connectivity index (χ1v) is 6.65. The van der Waals surface area contributed by atoms with Gasteiger partial charge in [-0.3, -0.25) is 4.79 Å². The number of rotatable bonds is 4. The van der Waals surface area contributed by atoms with E-state index in [0.29, 0.717) is 17.9 Å². The minimum Gasteiger partial charge on any atom is -0.487 e. The number of nitrogens with two attached hydrogens (primary N) is 1. The number of thioether (sulfide) groups is 1. The van der Waals surface area contributed by atoms with Crippen LogP contribution in [0.15, 0.2) is 23.1 Å². The zero-order chi connectivity index (χ0) is 12.3. The van der Waals surface area contributed by atoms with Crippen LogP contribution < -0.4 is 10.5 Å². The summed E-state index contributed by atoms with van der Waals surface area (Å²) in [5.41, 5.74) is 5.73. The van der Waals surface area contributed by atoms with Gasteiger partial charge in [0.25, 0.3) is 0 Å². The summed E-state index contributed by atoms with van der Waals surface area (Å²) in [6.45, 7) is 1.34. The Bertz CT molecular complexity index is 416. The summed E-state index contributed by atoms with van der Waals surface area (Å²) < 4.78 is 11.1. The molecule has 1 amide bonds. The zero-order valence-corrected chi connectivity index (χ0v) is 10.5. The Balaban J connectivity index is 2.21. The number of carbonyl (C=O) groups is 1. The van der Waals surface area contributed by atoms with E-state index in [2.05, 4.69) is 0 Å². The van der Waals surface area contributed by atoms with Gasteiger partial charge in [-0.2, -0.15) is 0 Å². The largest absolute Gasteiger partial charge is 0.487 e. The third kappa shape index (κ3) is 2.92. The van der Waals surface area contributed by atoms with Crippen molar-refractivity contribution in [2.24, 2.45) is 5.73 Å². The molecule has 1 aliphatic rings. The monoisotopic (exact) mass is 253 g/mol. The summed E-state index contributed by atoms with van der Waals surface area (Å²) in [7, 11) is 0. The van der Waals surface area contributed by atoms with Crippen LogP contribution in [0.2, 0.25) is 0 Å². The first-order chi connectivity index (χ1) is 8.20. The number of primary amides is 1. The van der Waals surface area contributed by atoms with E-state index in [9.17, 15) is 4.79 Å². The van der Waals surface area contributed by atoms with E-state index >= 15 is 0 Å². The molecular formula is C12H15NO3S. The van der Waals surface area contributed by atoms with E-state index in [1.54, 1.807) is 23.9 Å². The topological polar surface area (TPSA) is 61.6 Å². The molecule has 0 aromatic heterocycles. The van der Waals surface area contributed by atoms with E-state index in [0.717, 1.165) is 17.9 Å². The average molecular weight is 253 g/mol. The second-order valence-electron chi connectivity index (χ2n) is 3.83. The van der Waals surface area contributed by atoms with Crippen LogP contribution in [0.4, 0.5) is 0 Å². The lowest BCUT2D eigenvalue weighted by Crippen LogP contribution is -2.17. The molecule has 92 valence electrons. The molecule has 5 heteroatoms. The van der Waals surface area contributed by atoms with Gasteiger partial charge in [0.2, 0.25) is 5.91 Å². The number of carbonyl (C=O) groups excluding carboxylic acids is 1. The van der Waals surface area contributed by atoms with Gasteiger partial charge in [-0.1, -0.05) is 0 Å². The van der Waals surface area contributed by atoms with Gasteiger partial charge in [-0.05, 0) is 24.5 Å². The highest BCUT2D eigenvalue weighted by molar-refractivity contribution is 7.98. The van der Waals surface area contributed by atoms with Crippen molar-refractivity contribution >= 4 is 17.7 Å². The average Bonchev–Trinajstić information content (AvgIpc) is 2.81. The van der Waals surface area contributed by atoms with Gasteiger partial charge in [0.05, 0.1) is 13.2 Å². The Hall–Kier alpha value is -1.20. The molecule has 17 heavy (non-hydrogen) atoms. The Labute approximate surface area is 104 Å². The first-order valence-electron chi connectivity index (χ1n) is 5.43. The van der Waals surface area contributed by atoms with Gasteiger partial charge in [-0.15, -0.1) is 11.8 Å². The molecule has 1 heterocycles. The van der Waals surface area contributed by atoms with Crippen LogP contribution in [-0.4, -0.2) is 31.5 Å². The third-order valence-corrected chi connectivity index (χ3v) is 3.41. The Morgan fingerprint density at radius 2 is 2.41 bits per heavy atom. The van der Waals surface area contributed by atoms with Crippen LogP contribution in [0.3, 0.4) is 0 Å². The van der Waals surface area contributed by atoms with Gasteiger partial charge < -0.3 is 15.2 Å². The number of benzene rings is 1. The van der Waals surface area contributed by atoms with Gasteiger partial charge >= 0.3 is 0 Å². The van der Waals surface area contributed by atoms with E-state index in [4.69, 9.17) is 15.2 Å². The molecule has 4 nitrogen and oxygen atoms in total. The SMILES string of the molecule is CSc1ccc(C(N)=O)cc1OC1CCOC1. The fourth-order valence-electron chi connectivity index (χ4n) is 1.71. The highest BCUT2D eigenvalue weighted by Gasteiger charge is 2.19. The number of hydrogen-bond acceptors (Lipinski definition) is 4. The molecule has 2 rings (SSSR count). The minimum absolute atomic E-state index is 0.0732. The van der Waals surface area contributed by atoms with Crippen LogP contribution >= 0.6 is 11.8 Å². The number of amides is 1. The maximum Gasteiger partial charge on any atom is 0.248 e. The second kappa shape index (κ2) is 5.42. The van der Waals surface area contributed by atoms with E-state index in [1.165, 1.54) is 0 Å². The summed E-state index contributed by atoms with van der Waals surface area (Å²) >= 11 is 1.58. The molecule has 0 spiro atoms. The van der Waals surface area contributed by atoms with Crippen molar-refractivity contribution < 1.29 is 14.3 Å². The van der Waals surface area contributed by atoms with E-state index in [-0.39, 0.29) is 6.10 Å². The Morgan fingerprint density at radius 1 is 1.59 bits per heavy atom. The van der Waals surface area contributed by atoms with Crippen molar-refractivity contribution in [1.82, 2.24) is 0 Å². The summed E-state index contributed by atoms with van der Waals surface area (Å²) in [5, 5.41) is 0. The fourth-order valence-corrected chi connectivity index (χ4v) is 2.22. The standard InChI is InChI=1S/C12H15NO3S/c1-17-11-3-2-8(12(13)14)6-10(11)16-9-4-5-15-7-9/h2-3,6,9H,4-5,7H2,1H3,(H2,13,14). The highest BCUT2D eigenvalue weighted by Crippen LogP contribution is 2.30. The second-order valence-corrected chi connectivity index (χ2v) is 4.68. The van der Waals surface area contributed by atoms with Crippen molar-refractivity contribution in [1.29, 1.82) is 0 Å². The van der Waals surface area contributed by atoms with Crippen molar-refractivity contribution in [3.63, 3.8) is 0 Å². The summed E-state index contributed by atoms with van der Waals surface area (Å²) in [4.78, 5) is 12.1. The molecule has 1 fully saturated rings. The first kappa shape index (κ1) is 12.3. The van der Waals surface area contributed by atoms with Crippen molar-refractivity contribution in [2.75, 3.05) is 19.5 Å². The molecule has 0 aliphatic carbocycles. The summed E-state index contributed by atoms with van der Waals surface area (Å²) in [6, 6.07) is 5.27. The maximum atomic E-state index is 11.1. The quantitative estimate of drug-likeness (QED) is 0.829. The summed E-state index contributed by atoms with van der Waals surface area (Å²) in [6.07, 6.45) is 2.93. The maximum absolute atomic E-state index is 11.1. The van der Waals surface area contributed by atoms with Gasteiger partial charge in [-0.25, -0.2) is 0 Å². The molecule has 1 aromatic carbocycles. The molecule has 1 aromatic rings. The molecule has 0 bridgehead atoms. The van der Waals surface area contributed by atoms with E-state index in [1.807, 2.05) is 12.3 Å². The van der Waals surface area contributed by atoms with Crippen LogP contribution in [0.1, 0.15) is 16.8 Å². The molecule has 1 unspecified atom stereocenters. The smallest absolute Gasteiger partial charge is 0.248 e. The summed E-state index contributed by atoms with van der Waals surface area (Å²) in [5.74, 6) is 0.273. The molecule has 1 aliphatic heterocycles. The van der Waals surface area contributed by atoms with Crippen molar-refractivity contribution in [3.05, 3.63) is 23.8 Å². The lowest BCUT2D eigenvalue weighted by Gasteiger charge is -2.15. The van der Waals surface area contributed by atoms with Crippen LogP contribution in [0.25, 0.3) is 0 Å². The lowest BCUT2D eigenvalue weighted by atomic mass is 10.2. The van der Waals surface area contributed by atoms with Crippen LogP contribution in [0.5, 0.6) is 5.75 Å². The third-order valence-electron chi connectivity index (χ3n) is 2.63. The van der Waals surface area contributed by atoms with Gasteiger partial charge in [0.15, 0.2) is 0 Å². The minimum atomic E-state index is -0.440. The number of ether oxygens (including phenoxy) is 2.